The van der Waals surface area contributed by atoms with Crippen molar-refractivity contribution in [2.24, 2.45) is 0 Å². The summed E-state index contributed by atoms with van der Waals surface area (Å²) >= 11 is 0. The number of carbonyl (C=O) groups is 2. The molecule has 0 aliphatic carbocycles. The Morgan fingerprint density at radius 3 is 2.47 bits per heavy atom. The summed E-state index contributed by atoms with van der Waals surface area (Å²) < 4.78 is 10.7. The zero-order valence-electron chi connectivity index (χ0n) is 17.2. The van der Waals surface area contributed by atoms with Crippen molar-refractivity contribution >= 4 is 18.9 Å². The SMILES string of the molecule is COc1ccc([C@@H](CCCNB(C)O)N2C(=O)c3cccc(O)c3C2=O)cc1OC. The average molecular weight is 412 g/mol. The summed E-state index contributed by atoms with van der Waals surface area (Å²) in [6.07, 6.45) is 1.06. The van der Waals surface area contributed by atoms with Gasteiger partial charge in [-0.2, -0.15) is 0 Å². The Bertz CT molecular complexity index is 949. The smallest absolute Gasteiger partial charge is 0.373 e. The van der Waals surface area contributed by atoms with Gasteiger partial charge >= 0.3 is 7.05 Å². The van der Waals surface area contributed by atoms with Gasteiger partial charge in [0.05, 0.1) is 31.4 Å². The lowest BCUT2D eigenvalue weighted by atomic mass is 9.88. The molecular weight excluding hydrogens is 387 g/mol. The number of benzene rings is 2. The predicted octanol–water partition coefficient (Wildman–Crippen LogP) is 2.23. The Balaban J connectivity index is 1.97. The number of amides is 2. The van der Waals surface area contributed by atoms with Crippen LogP contribution in [0.1, 0.15) is 45.2 Å². The predicted molar refractivity (Wildman–Crippen MR) is 112 cm³/mol. The van der Waals surface area contributed by atoms with Crippen molar-refractivity contribution < 1.29 is 29.2 Å². The van der Waals surface area contributed by atoms with Crippen LogP contribution in [-0.2, 0) is 0 Å². The number of ether oxygens (including phenoxy) is 2. The van der Waals surface area contributed by atoms with Gasteiger partial charge in [0, 0.05) is 0 Å². The number of hydrogen-bond acceptors (Lipinski definition) is 7. The van der Waals surface area contributed by atoms with Crippen LogP contribution in [0.25, 0.3) is 0 Å². The van der Waals surface area contributed by atoms with Crippen molar-refractivity contribution in [1.82, 2.24) is 10.1 Å². The molecule has 1 aliphatic rings. The van der Waals surface area contributed by atoms with Crippen LogP contribution in [0.5, 0.6) is 17.2 Å². The topological polar surface area (TPSA) is 108 Å². The molecule has 0 aromatic heterocycles. The molecule has 0 radical (unpaired) electrons. The molecule has 0 saturated heterocycles. The van der Waals surface area contributed by atoms with Crippen LogP contribution in [0.2, 0.25) is 6.82 Å². The highest BCUT2D eigenvalue weighted by molar-refractivity contribution is 6.45. The van der Waals surface area contributed by atoms with Gasteiger partial charge in [0.1, 0.15) is 5.75 Å². The van der Waals surface area contributed by atoms with Crippen molar-refractivity contribution in [3.05, 3.63) is 53.1 Å². The fourth-order valence-electron chi connectivity index (χ4n) is 3.68. The maximum absolute atomic E-state index is 13.1. The van der Waals surface area contributed by atoms with Gasteiger partial charge in [0.2, 0.25) is 0 Å². The Morgan fingerprint density at radius 2 is 1.83 bits per heavy atom. The number of aromatic hydroxyl groups is 1. The molecule has 9 heteroatoms. The van der Waals surface area contributed by atoms with Crippen molar-refractivity contribution in [3.63, 3.8) is 0 Å². The maximum Gasteiger partial charge on any atom is 0.373 e. The molecule has 2 aromatic carbocycles. The van der Waals surface area contributed by atoms with E-state index in [-0.39, 0.29) is 16.9 Å². The van der Waals surface area contributed by atoms with Gasteiger partial charge in [-0.3, -0.25) is 14.5 Å². The summed E-state index contributed by atoms with van der Waals surface area (Å²) in [5.41, 5.74) is 0.918. The van der Waals surface area contributed by atoms with E-state index in [4.69, 9.17) is 9.47 Å². The Hall–Kier alpha value is -3.04. The Kier molecular flexibility index (Phi) is 6.64. The molecule has 158 valence electrons. The number of nitrogens with zero attached hydrogens (tertiary/aromatic N) is 1. The van der Waals surface area contributed by atoms with Gasteiger partial charge in [-0.25, -0.2) is 0 Å². The first-order valence-corrected chi connectivity index (χ1v) is 9.72. The Morgan fingerprint density at radius 1 is 1.10 bits per heavy atom. The van der Waals surface area contributed by atoms with E-state index in [1.807, 2.05) is 0 Å². The number of methoxy groups -OCH3 is 2. The third kappa shape index (κ3) is 4.12. The van der Waals surface area contributed by atoms with Gasteiger partial charge in [-0.15, -0.1) is 0 Å². The molecule has 3 rings (SSSR count). The third-order valence-corrected chi connectivity index (χ3v) is 5.12. The summed E-state index contributed by atoms with van der Waals surface area (Å²) in [6, 6.07) is 9.16. The fraction of sp³-hybridized carbons (Fsp3) is 0.333. The first-order chi connectivity index (χ1) is 14.4. The summed E-state index contributed by atoms with van der Waals surface area (Å²) in [6.45, 7) is 2.13. The molecule has 0 bridgehead atoms. The first-order valence-electron chi connectivity index (χ1n) is 9.72. The number of fused-ring (bicyclic) bond motifs is 1. The van der Waals surface area contributed by atoms with E-state index in [9.17, 15) is 19.7 Å². The molecule has 0 spiro atoms. The van der Waals surface area contributed by atoms with Crippen molar-refractivity contribution in [3.8, 4) is 17.2 Å². The largest absolute Gasteiger partial charge is 0.507 e. The molecule has 1 heterocycles. The molecule has 0 fully saturated rings. The van der Waals surface area contributed by atoms with Gasteiger partial charge in [-0.05, 0) is 56.0 Å². The van der Waals surface area contributed by atoms with Crippen LogP contribution >= 0.6 is 0 Å². The summed E-state index contributed by atoms with van der Waals surface area (Å²) in [7, 11) is 2.40. The number of imide groups is 1. The zero-order chi connectivity index (χ0) is 21.8. The van der Waals surface area contributed by atoms with Crippen LogP contribution in [0, 0.1) is 0 Å². The molecule has 0 saturated carbocycles. The minimum Gasteiger partial charge on any atom is -0.507 e. The number of rotatable bonds is 9. The van der Waals surface area contributed by atoms with E-state index in [1.54, 1.807) is 31.1 Å². The number of carbonyl (C=O) groups excluding carboxylic acids is 2. The maximum atomic E-state index is 13.1. The summed E-state index contributed by atoms with van der Waals surface area (Å²) in [5.74, 6) is -0.168. The van der Waals surface area contributed by atoms with Crippen LogP contribution in [0.15, 0.2) is 36.4 Å². The average Bonchev–Trinajstić information content (AvgIpc) is 2.99. The standard InChI is InChI=1S/C21H25BN2O6/c1-22(28)23-11-5-7-15(13-9-10-17(29-2)18(12-13)30-3)24-20(26)14-6-4-8-16(25)19(14)21(24)27/h4,6,8-10,12,15,23,25,28H,5,7,11H2,1-3H3/t15-/m1/s1. The van der Waals surface area contributed by atoms with E-state index >= 15 is 0 Å². The second-order valence-electron chi connectivity index (χ2n) is 7.08. The van der Waals surface area contributed by atoms with Gasteiger partial charge in [-0.1, -0.05) is 12.1 Å². The lowest BCUT2D eigenvalue weighted by molar-refractivity contribution is 0.0571. The Labute approximate surface area is 175 Å². The van der Waals surface area contributed by atoms with Crippen LogP contribution in [-0.4, -0.2) is 54.7 Å². The molecule has 2 aromatic rings. The van der Waals surface area contributed by atoms with E-state index in [1.165, 1.54) is 31.3 Å². The monoisotopic (exact) mass is 412 g/mol. The molecule has 1 aliphatic heterocycles. The summed E-state index contributed by atoms with van der Waals surface area (Å²) in [5, 5.41) is 22.5. The quantitative estimate of drug-likeness (QED) is 0.329. The lowest BCUT2D eigenvalue weighted by Crippen LogP contribution is -2.35. The van der Waals surface area contributed by atoms with Crippen LogP contribution in [0.4, 0.5) is 0 Å². The minimum absolute atomic E-state index is 0.0232. The lowest BCUT2D eigenvalue weighted by Gasteiger charge is -2.27. The normalized spacial score (nSPS) is 13.9. The van der Waals surface area contributed by atoms with E-state index in [2.05, 4.69) is 5.23 Å². The zero-order valence-corrected chi connectivity index (χ0v) is 17.2. The highest BCUT2D eigenvalue weighted by Gasteiger charge is 2.42. The summed E-state index contributed by atoms with van der Waals surface area (Å²) in [4.78, 5) is 27.4. The van der Waals surface area contributed by atoms with Crippen molar-refractivity contribution in [2.45, 2.75) is 25.7 Å². The number of phenolic OH excluding ortho intramolecular Hbond substituents is 1. The molecule has 3 N–H and O–H groups in total. The second-order valence-corrected chi connectivity index (χ2v) is 7.08. The highest BCUT2D eigenvalue weighted by atomic mass is 16.5. The van der Waals surface area contributed by atoms with Crippen LogP contribution < -0.4 is 14.7 Å². The first kappa shape index (κ1) is 21.7. The van der Waals surface area contributed by atoms with Crippen molar-refractivity contribution in [1.29, 1.82) is 0 Å². The molecule has 2 amide bonds. The molecule has 30 heavy (non-hydrogen) atoms. The van der Waals surface area contributed by atoms with Gasteiger partial charge in [0.15, 0.2) is 11.5 Å². The second kappa shape index (κ2) is 9.19. The molecule has 0 unspecified atom stereocenters. The number of phenols is 1. The fourth-order valence-corrected chi connectivity index (χ4v) is 3.68. The van der Waals surface area contributed by atoms with Crippen LogP contribution in [0.3, 0.4) is 0 Å². The van der Waals surface area contributed by atoms with E-state index < -0.39 is 24.9 Å². The van der Waals surface area contributed by atoms with Gasteiger partial charge < -0.3 is 24.8 Å². The molecular formula is C21H25BN2O6. The van der Waals surface area contributed by atoms with E-state index in [0.29, 0.717) is 36.4 Å². The molecule has 1 atom stereocenters. The van der Waals surface area contributed by atoms with Crippen molar-refractivity contribution in [2.75, 3.05) is 20.8 Å². The third-order valence-electron chi connectivity index (χ3n) is 5.12. The number of nitrogens with one attached hydrogen (secondary N) is 1. The van der Waals surface area contributed by atoms with Gasteiger partial charge in [0.25, 0.3) is 11.8 Å². The number of hydrogen-bond donors (Lipinski definition) is 3. The highest BCUT2D eigenvalue weighted by Crippen LogP contribution is 2.39. The minimum atomic E-state index is -0.652. The van der Waals surface area contributed by atoms with E-state index in [0.717, 1.165) is 0 Å². The molecule has 8 nitrogen and oxygen atoms in total.